The van der Waals surface area contributed by atoms with Crippen LogP contribution in [-0.4, -0.2) is 47.6 Å². The average Bonchev–Trinajstić information content (AvgIpc) is 2.80. The Morgan fingerprint density at radius 3 is 2.00 bits per heavy atom. The van der Waals surface area contributed by atoms with Gasteiger partial charge in [0, 0.05) is 6.42 Å². The van der Waals surface area contributed by atoms with Gasteiger partial charge < -0.3 is 25.8 Å². The molecule has 2 atom stereocenters. The molecule has 0 saturated carbocycles. The zero-order valence-corrected chi connectivity index (χ0v) is 18.6. The lowest BCUT2D eigenvalue weighted by Crippen LogP contribution is -2.52. The molecule has 2 rings (SSSR count). The Bertz CT molecular complexity index is 934. The van der Waals surface area contributed by atoms with Gasteiger partial charge >= 0.3 is 12.1 Å². The van der Waals surface area contributed by atoms with Crippen molar-refractivity contribution in [1.82, 2.24) is 16.0 Å². The monoisotopic (exact) mass is 455 g/mol. The maximum absolute atomic E-state index is 12.5. The molecule has 9 nitrogen and oxygen atoms in total. The maximum Gasteiger partial charge on any atom is 0.408 e. The van der Waals surface area contributed by atoms with Crippen LogP contribution in [0.25, 0.3) is 0 Å². The summed E-state index contributed by atoms with van der Waals surface area (Å²) in [7, 11) is 0. The summed E-state index contributed by atoms with van der Waals surface area (Å²) in [6, 6.07) is 15.9. The van der Waals surface area contributed by atoms with Crippen LogP contribution < -0.4 is 16.0 Å². The van der Waals surface area contributed by atoms with Crippen LogP contribution in [-0.2, 0) is 32.1 Å². The second kappa shape index (κ2) is 12.8. The Morgan fingerprint density at radius 2 is 1.45 bits per heavy atom. The summed E-state index contributed by atoms with van der Waals surface area (Å²) in [5.41, 5.74) is 1.56. The summed E-state index contributed by atoms with van der Waals surface area (Å²) in [6.45, 7) is 3.10. The van der Waals surface area contributed by atoms with E-state index in [0.29, 0.717) is 0 Å². The Morgan fingerprint density at radius 1 is 0.879 bits per heavy atom. The molecule has 2 aromatic carbocycles. The van der Waals surface area contributed by atoms with E-state index in [9.17, 15) is 24.3 Å². The number of alkyl carbamates (subject to hydrolysis) is 1. The Balaban J connectivity index is 1.84. The van der Waals surface area contributed by atoms with E-state index in [0.717, 1.165) is 11.1 Å². The molecule has 176 valence electrons. The second-order valence-corrected chi connectivity index (χ2v) is 7.79. The zero-order chi connectivity index (χ0) is 24.2. The first-order valence-electron chi connectivity index (χ1n) is 10.6. The number of carboxylic acids is 1. The van der Waals surface area contributed by atoms with Crippen molar-refractivity contribution in [2.24, 2.45) is 5.92 Å². The lowest BCUT2D eigenvalue weighted by molar-refractivity contribution is -0.141. The van der Waals surface area contributed by atoms with Crippen LogP contribution in [0.15, 0.2) is 60.7 Å². The summed E-state index contributed by atoms with van der Waals surface area (Å²) in [5, 5.41) is 16.7. The van der Waals surface area contributed by atoms with Gasteiger partial charge in [0.05, 0.1) is 6.54 Å². The first-order chi connectivity index (χ1) is 15.8. The van der Waals surface area contributed by atoms with Crippen LogP contribution in [0.5, 0.6) is 0 Å². The minimum atomic E-state index is -1.18. The van der Waals surface area contributed by atoms with Gasteiger partial charge in [-0.15, -0.1) is 0 Å². The van der Waals surface area contributed by atoms with Crippen molar-refractivity contribution in [3.05, 3.63) is 71.8 Å². The van der Waals surface area contributed by atoms with Gasteiger partial charge in [-0.1, -0.05) is 74.5 Å². The van der Waals surface area contributed by atoms with E-state index < -0.39 is 42.5 Å². The van der Waals surface area contributed by atoms with Crippen LogP contribution in [0.3, 0.4) is 0 Å². The molecule has 0 saturated heterocycles. The molecule has 0 spiro atoms. The van der Waals surface area contributed by atoms with Crippen molar-refractivity contribution in [1.29, 1.82) is 0 Å². The number of benzene rings is 2. The van der Waals surface area contributed by atoms with Gasteiger partial charge in [0.2, 0.25) is 11.8 Å². The number of rotatable bonds is 11. The molecule has 4 N–H and O–H groups in total. The van der Waals surface area contributed by atoms with Gasteiger partial charge in [0.15, 0.2) is 0 Å². The number of hydrogen-bond acceptors (Lipinski definition) is 5. The molecule has 33 heavy (non-hydrogen) atoms. The van der Waals surface area contributed by atoms with Crippen LogP contribution >= 0.6 is 0 Å². The van der Waals surface area contributed by atoms with Crippen molar-refractivity contribution >= 4 is 23.9 Å². The standard InChI is InChI=1S/C24H29N3O6/c1-16(2)21(27-24(32)33-15-18-11-7-4-8-12-18)22(29)25-14-20(28)26-19(23(30)31)13-17-9-5-3-6-10-17/h3-12,16,19,21H,13-15H2,1-2H3,(H,25,29)(H,26,28)(H,27,32)(H,30,31)/t19-,21-/m0/s1. The topological polar surface area (TPSA) is 134 Å². The van der Waals surface area contributed by atoms with E-state index in [1.165, 1.54) is 0 Å². The summed E-state index contributed by atoms with van der Waals surface area (Å²) < 4.78 is 5.15. The van der Waals surface area contributed by atoms with Gasteiger partial charge in [0.25, 0.3) is 0 Å². The smallest absolute Gasteiger partial charge is 0.408 e. The lowest BCUT2D eigenvalue weighted by Gasteiger charge is -2.21. The van der Waals surface area contributed by atoms with Crippen molar-refractivity contribution < 1.29 is 29.0 Å². The molecule has 0 heterocycles. The minimum Gasteiger partial charge on any atom is -0.480 e. The highest BCUT2D eigenvalue weighted by atomic mass is 16.5. The summed E-state index contributed by atoms with van der Waals surface area (Å²) >= 11 is 0. The van der Waals surface area contributed by atoms with Crippen LogP contribution in [0.1, 0.15) is 25.0 Å². The fourth-order valence-corrected chi connectivity index (χ4v) is 3.00. The van der Waals surface area contributed by atoms with Gasteiger partial charge in [-0.2, -0.15) is 0 Å². The summed E-state index contributed by atoms with van der Waals surface area (Å²) in [4.78, 5) is 48.4. The quantitative estimate of drug-likeness (QED) is 0.409. The van der Waals surface area contributed by atoms with E-state index in [4.69, 9.17) is 4.74 Å². The summed E-state index contributed by atoms with van der Waals surface area (Å²) in [6.07, 6.45) is -0.648. The number of ether oxygens (including phenoxy) is 1. The SMILES string of the molecule is CC(C)[C@H](NC(=O)OCc1ccccc1)C(=O)NCC(=O)N[C@@H](Cc1ccccc1)C(=O)O. The number of amides is 3. The number of nitrogens with one attached hydrogen (secondary N) is 3. The molecule has 0 aromatic heterocycles. The number of carboxylic acid groups (broad SMARTS) is 1. The molecule has 2 aromatic rings. The Kier molecular flexibility index (Phi) is 9.88. The third-order valence-electron chi connectivity index (χ3n) is 4.77. The van der Waals surface area contributed by atoms with Gasteiger partial charge in [0.1, 0.15) is 18.7 Å². The maximum atomic E-state index is 12.5. The molecule has 9 heteroatoms. The highest BCUT2D eigenvalue weighted by molar-refractivity contribution is 5.91. The molecule has 0 aliphatic heterocycles. The summed E-state index contributed by atoms with van der Waals surface area (Å²) in [5.74, 6) is -2.68. The number of hydrogen-bond donors (Lipinski definition) is 4. The average molecular weight is 456 g/mol. The van der Waals surface area contributed by atoms with Crippen LogP contribution in [0, 0.1) is 5.92 Å². The van der Waals surface area contributed by atoms with E-state index in [1.807, 2.05) is 24.3 Å². The molecule has 0 aliphatic carbocycles. The predicted octanol–water partition coefficient (Wildman–Crippen LogP) is 1.87. The van der Waals surface area contributed by atoms with Gasteiger partial charge in [-0.25, -0.2) is 9.59 Å². The third-order valence-corrected chi connectivity index (χ3v) is 4.77. The molecule has 3 amide bonds. The van der Waals surface area contributed by atoms with Gasteiger partial charge in [-0.3, -0.25) is 9.59 Å². The van der Waals surface area contributed by atoms with Gasteiger partial charge in [-0.05, 0) is 17.0 Å². The molecular formula is C24H29N3O6. The normalized spacial score (nSPS) is 12.3. The van der Waals surface area contributed by atoms with E-state index in [2.05, 4.69) is 16.0 Å². The second-order valence-electron chi connectivity index (χ2n) is 7.79. The number of carbonyl (C=O) groups excluding carboxylic acids is 3. The molecule has 0 unspecified atom stereocenters. The van der Waals surface area contributed by atoms with E-state index in [1.54, 1.807) is 50.2 Å². The largest absolute Gasteiger partial charge is 0.480 e. The van der Waals surface area contributed by atoms with E-state index >= 15 is 0 Å². The molecular weight excluding hydrogens is 426 g/mol. The number of carbonyl (C=O) groups is 4. The van der Waals surface area contributed by atoms with Crippen LogP contribution in [0.2, 0.25) is 0 Å². The fourth-order valence-electron chi connectivity index (χ4n) is 3.00. The van der Waals surface area contributed by atoms with Crippen molar-refractivity contribution in [3.63, 3.8) is 0 Å². The molecule has 0 bridgehead atoms. The predicted molar refractivity (Wildman–Crippen MR) is 121 cm³/mol. The molecule has 0 fully saturated rings. The Labute approximate surface area is 192 Å². The highest BCUT2D eigenvalue weighted by Gasteiger charge is 2.26. The number of aliphatic carboxylic acids is 1. The Hall–Kier alpha value is -3.88. The molecule has 0 aliphatic rings. The fraction of sp³-hybridized carbons (Fsp3) is 0.333. The first-order valence-corrected chi connectivity index (χ1v) is 10.6. The zero-order valence-electron chi connectivity index (χ0n) is 18.6. The van der Waals surface area contributed by atoms with Crippen LogP contribution in [0.4, 0.5) is 4.79 Å². The minimum absolute atomic E-state index is 0.0551. The molecule has 0 radical (unpaired) electrons. The van der Waals surface area contributed by atoms with E-state index in [-0.39, 0.29) is 18.9 Å². The third kappa shape index (κ3) is 9.02. The van der Waals surface area contributed by atoms with Crippen molar-refractivity contribution in [2.75, 3.05) is 6.54 Å². The van der Waals surface area contributed by atoms with Crippen molar-refractivity contribution in [2.45, 2.75) is 39.0 Å². The van der Waals surface area contributed by atoms with Crippen molar-refractivity contribution in [3.8, 4) is 0 Å². The lowest BCUT2D eigenvalue weighted by atomic mass is 10.0. The highest BCUT2D eigenvalue weighted by Crippen LogP contribution is 2.05. The first kappa shape index (κ1) is 25.4.